The van der Waals surface area contributed by atoms with Crippen LogP contribution in [0.5, 0.6) is 11.5 Å². The Morgan fingerprint density at radius 1 is 0.870 bits per heavy atom. The summed E-state index contributed by atoms with van der Waals surface area (Å²) in [5.41, 5.74) is 0.182. The van der Waals surface area contributed by atoms with E-state index in [9.17, 15) is 8.42 Å². The van der Waals surface area contributed by atoms with E-state index in [4.69, 9.17) is 44.3 Å². The van der Waals surface area contributed by atoms with Crippen LogP contribution in [-0.4, -0.2) is 21.6 Å². The molecule has 0 fully saturated rings. The van der Waals surface area contributed by atoms with Crippen molar-refractivity contribution in [3.05, 3.63) is 45.4 Å². The lowest BCUT2D eigenvalue weighted by molar-refractivity contribution is 0.171. The minimum atomic E-state index is -3.88. The van der Waals surface area contributed by atoms with Crippen LogP contribution in [0.1, 0.15) is 0 Å². The van der Waals surface area contributed by atoms with Crippen molar-refractivity contribution < 1.29 is 17.9 Å². The van der Waals surface area contributed by atoms with Gasteiger partial charge < -0.3 is 9.47 Å². The lowest BCUT2D eigenvalue weighted by atomic mass is 10.2. The number of benzene rings is 2. The van der Waals surface area contributed by atoms with Gasteiger partial charge in [-0.05, 0) is 18.2 Å². The molecule has 9 heteroatoms. The second-order valence-corrected chi connectivity index (χ2v) is 7.56. The summed E-state index contributed by atoms with van der Waals surface area (Å²) >= 11 is 17.8. The zero-order chi connectivity index (χ0) is 16.6. The van der Waals surface area contributed by atoms with E-state index in [-0.39, 0.29) is 25.7 Å². The summed E-state index contributed by atoms with van der Waals surface area (Å²) in [6.07, 6.45) is 0. The van der Waals surface area contributed by atoms with Crippen LogP contribution >= 0.6 is 34.8 Å². The van der Waals surface area contributed by atoms with Crippen LogP contribution in [0.2, 0.25) is 15.1 Å². The number of nitrogens with one attached hydrogen (secondary N) is 1. The summed E-state index contributed by atoms with van der Waals surface area (Å²) in [6, 6.07) is 7.00. The first-order chi connectivity index (χ1) is 10.9. The van der Waals surface area contributed by atoms with Gasteiger partial charge in [0.25, 0.3) is 10.0 Å². The van der Waals surface area contributed by atoms with Gasteiger partial charge in [0.2, 0.25) is 0 Å². The van der Waals surface area contributed by atoms with Crippen LogP contribution in [0, 0.1) is 0 Å². The lowest BCUT2D eigenvalue weighted by Crippen LogP contribution is -2.17. The van der Waals surface area contributed by atoms with Gasteiger partial charge in [0.1, 0.15) is 13.2 Å². The summed E-state index contributed by atoms with van der Waals surface area (Å²) in [5.74, 6) is 0.895. The average Bonchev–Trinajstić information content (AvgIpc) is 2.50. The molecule has 122 valence electrons. The van der Waals surface area contributed by atoms with E-state index in [0.717, 1.165) is 0 Å². The highest BCUT2D eigenvalue weighted by molar-refractivity contribution is 7.92. The molecule has 5 nitrogen and oxygen atoms in total. The largest absolute Gasteiger partial charge is 0.486 e. The monoisotopic (exact) mass is 393 g/mol. The Bertz CT molecular complexity index is 871. The number of rotatable bonds is 3. The quantitative estimate of drug-likeness (QED) is 0.846. The molecule has 2 aromatic rings. The molecule has 0 aromatic heterocycles. The minimum Gasteiger partial charge on any atom is -0.486 e. The molecular formula is C14H10Cl3NO4S. The number of hydrogen-bond donors (Lipinski definition) is 1. The molecule has 1 aliphatic heterocycles. The van der Waals surface area contributed by atoms with Gasteiger partial charge in [-0.3, -0.25) is 4.72 Å². The van der Waals surface area contributed by atoms with Crippen molar-refractivity contribution in [3.63, 3.8) is 0 Å². The Morgan fingerprint density at radius 3 is 2.17 bits per heavy atom. The SMILES string of the molecule is O=S(=O)(Nc1cc2c(cc1Cl)OCCO2)c1ccc(Cl)c(Cl)c1. The molecule has 3 rings (SSSR count). The average molecular weight is 395 g/mol. The zero-order valence-corrected chi connectivity index (χ0v) is 14.6. The van der Waals surface area contributed by atoms with E-state index in [2.05, 4.69) is 4.72 Å². The third-order valence-corrected chi connectivity index (χ3v) is 5.49. The number of ether oxygens (including phenoxy) is 2. The molecule has 23 heavy (non-hydrogen) atoms. The highest BCUT2D eigenvalue weighted by Gasteiger charge is 2.20. The number of halogens is 3. The molecule has 0 atom stereocenters. The molecule has 0 aliphatic carbocycles. The van der Waals surface area contributed by atoms with Gasteiger partial charge in [-0.1, -0.05) is 34.8 Å². The van der Waals surface area contributed by atoms with Crippen LogP contribution < -0.4 is 14.2 Å². The van der Waals surface area contributed by atoms with Crippen LogP contribution in [0.3, 0.4) is 0 Å². The standard InChI is InChI=1S/C14H10Cl3NO4S/c15-9-2-1-8(5-10(9)16)23(19,20)18-12-7-14-13(6-11(12)17)21-3-4-22-14/h1-2,5-7,18H,3-4H2. The zero-order valence-electron chi connectivity index (χ0n) is 11.5. The molecule has 1 heterocycles. The molecule has 0 radical (unpaired) electrons. The van der Waals surface area contributed by atoms with Gasteiger partial charge in [-0.25, -0.2) is 8.42 Å². The van der Waals surface area contributed by atoms with E-state index in [0.29, 0.717) is 24.7 Å². The lowest BCUT2D eigenvalue weighted by Gasteiger charge is -2.20. The highest BCUT2D eigenvalue weighted by atomic mass is 35.5. The number of fused-ring (bicyclic) bond motifs is 1. The second kappa shape index (κ2) is 6.28. The van der Waals surface area contributed by atoms with Crippen molar-refractivity contribution in [1.82, 2.24) is 0 Å². The van der Waals surface area contributed by atoms with Gasteiger partial charge in [0.05, 0.1) is 25.7 Å². The van der Waals surface area contributed by atoms with Gasteiger partial charge in [-0.2, -0.15) is 0 Å². The van der Waals surface area contributed by atoms with Crippen molar-refractivity contribution in [1.29, 1.82) is 0 Å². The maximum atomic E-state index is 12.4. The van der Waals surface area contributed by atoms with Gasteiger partial charge in [0, 0.05) is 12.1 Å². The van der Waals surface area contributed by atoms with E-state index in [1.54, 1.807) is 0 Å². The van der Waals surface area contributed by atoms with Gasteiger partial charge in [0.15, 0.2) is 11.5 Å². The summed E-state index contributed by atoms with van der Waals surface area (Å²) in [7, 11) is -3.88. The first-order valence-corrected chi connectivity index (χ1v) is 9.05. The van der Waals surface area contributed by atoms with E-state index in [1.807, 2.05) is 0 Å². The van der Waals surface area contributed by atoms with E-state index < -0.39 is 10.0 Å². The summed E-state index contributed by atoms with van der Waals surface area (Å²) in [6.45, 7) is 0.797. The smallest absolute Gasteiger partial charge is 0.261 e. The Hall–Kier alpha value is -1.34. The highest BCUT2D eigenvalue weighted by Crippen LogP contribution is 2.38. The topological polar surface area (TPSA) is 64.6 Å². The van der Waals surface area contributed by atoms with Crippen molar-refractivity contribution in [3.8, 4) is 11.5 Å². The molecule has 0 bridgehead atoms. The van der Waals surface area contributed by atoms with Gasteiger partial charge >= 0.3 is 0 Å². The maximum Gasteiger partial charge on any atom is 0.261 e. The molecule has 0 saturated heterocycles. The fraction of sp³-hybridized carbons (Fsp3) is 0.143. The fourth-order valence-electron chi connectivity index (χ4n) is 1.99. The van der Waals surface area contributed by atoms with Crippen molar-refractivity contribution in [2.75, 3.05) is 17.9 Å². The summed E-state index contributed by atoms with van der Waals surface area (Å²) in [4.78, 5) is -0.0298. The molecule has 0 saturated carbocycles. The molecule has 0 amide bonds. The van der Waals surface area contributed by atoms with Crippen molar-refractivity contribution in [2.45, 2.75) is 4.90 Å². The van der Waals surface area contributed by atoms with Crippen LogP contribution in [-0.2, 0) is 10.0 Å². The summed E-state index contributed by atoms with van der Waals surface area (Å²) < 4.78 is 38.1. The van der Waals surface area contributed by atoms with Crippen LogP contribution in [0.4, 0.5) is 5.69 Å². The van der Waals surface area contributed by atoms with E-state index >= 15 is 0 Å². The third-order valence-electron chi connectivity index (χ3n) is 3.08. The van der Waals surface area contributed by atoms with Crippen LogP contribution in [0.25, 0.3) is 0 Å². The summed E-state index contributed by atoms with van der Waals surface area (Å²) in [5, 5.41) is 0.601. The maximum absolute atomic E-state index is 12.4. The van der Waals surface area contributed by atoms with Crippen LogP contribution in [0.15, 0.2) is 35.2 Å². The Morgan fingerprint density at radius 2 is 1.52 bits per heavy atom. The Balaban J connectivity index is 1.95. The fourth-order valence-corrected chi connectivity index (χ4v) is 3.71. The first kappa shape index (κ1) is 16.5. The Kier molecular flexibility index (Phi) is 4.51. The molecule has 0 unspecified atom stereocenters. The number of sulfonamides is 1. The molecule has 2 aromatic carbocycles. The van der Waals surface area contributed by atoms with Crippen molar-refractivity contribution >= 4 is 50.5 Å². The predicted molar refractivity (Wildman–Crippen MR) is 89.7 cm³/mol. The Labute approximate surface area is 148 Å². The third kappa shape index (κ3) is 3.45. The van der Waals surface area contributed by atoms with Crippen molar-refractivity contribution in [2.24, 2.45) is 0 Å². The molecule has 0 spiro atoms. The number of hydrogen-bond acceptors (Lipinski definition) is 4. The molecule has 1 N–H and O–H groups in total. The minimum absolute atomic E-state index is 0.0298. The predicted octanol–water partition coefficient (Wildman–Crippen LogP) is 4.22. The first-order valence-electron chi connectivity index (χ1n) is 6.44. The van der Waals surface area contributed by atoms with Gasteiger partial charge in [-0.15, -0.1) is 0 Å². The second-order valence-electron chi connectivity index (χ2n) is 4.66. The molecule has 1 aliphatic rings. The molecular weight excluding hydrogens is 385 g/mol. The number of anilines is 1. The van der Waals surface area contributed by atoms with E-state index in [1.165, 1.54) is 30.3 Å². The normalized spacial score (nSPS) is 13.7.